The highest BCUT2D eigenvalue weighted by molar-refractivity contribution is 7.89. The zero-order valence-electron chi connectivity index (χ0n) is 11.5. The third-order valence-electron chi connectivity index (χ3n) is 3.56. The highest BCUT2D eigenvalue weighted by Crippen LogP contribution is 2.36. The maximum atomic E-state index is 12.4. The summed E-state index contributed by atoms with van der Waals surface area (Å²) in [6.07, 6.45) is 3.58. The average molecular weight is 284 g/mol. The minimum atomic E-state index is -3.46. The number of sulfonamides is 1. The Morgan fingerprint density at radius 1 is 1.47 bits per heavy atom. The molecule has 0 unspecified atom stereocenters. The first-order valence-electron chi connectivity index (χ1n) is 6.53. The molecule has 1 heterocycles. The van der Waals surface area contributed by atoms with Crippen molar-refractivity contribution in [1.82, 2.24) is 9.29 Å². The molecule has 0 spiro atoms. The summed E-state index contributed by atoms with van der Waals surface area (Å²) in [5.41, 5.74) is 0. The second kappa shape index (κ2) is 5.46. The zero-order valence-corrected chi connectivity index (χ0v) is 12.4. The highest BCUT2D eigenvalue weighted by atomic mass is 32.2. The number of nitrogens with zero attached hydrogens (tertiary/aromatic N) is 2. The predicted octanol–water partition coefficient (Wildman–Crippen LogP) is 1.90. The van der Waals surface area contributed by atoms with Crippen molar-refractivity contribution in [3.05, 3.63) is 18.3 Å². The Morgan fingerprint density at radius 2 is 2.16 bits per heavy atom. The Hall–Kier alpha value is -1.14. The summed E-state index contributed by atoms with van der Waals surface area (Å²) >= 11 is 0. The van der Waals surface area contributed by atoms with Crippen LogP contribution < -0.4 is 4.74 Å². The SMILES string of the molecule is CCOc1ccc(S(=O)(=O)N(C)[C@@H](C)C2CC2)cn1. The van der Waals surface area contributed by atoms with Gasteiger partial charge in [-0.3, -0.25) is 0 Å². The first kappa shape index (κ1) is 14.3. The molecule has 0 saturated heterocycles. The Balaban J connectivity index is 2.18. The fourth-order valence-electron chi connectivity index (χ4n) is 2.01. The molecule has 6 heteroatoms. The third kappa shape index (κ3) is 3.06. The molecule has 0 aromatic carbocycles. The van der Waals surface area contributed by atoms with Crippen molar-refractivity contribution < 1.29 is 13.2 Å². The van der Waals surface area contributed by atoms with Crippen LogP contribution in [0.4, 0.5) is 0 Å². The summed E-state index contributed by atoms with van der Waals surface area (Å²) < 4.78 is 31.5. The Kier molecular flexibility index (Phi) is 4.10. The van der Waals surface area contributed by atoms with Crippen molar-refractivity contribution >= 4 is 10.0 Å². The van der Waals surface area contributed by atoms with Crippen LogP contribution in [0.1, 0.15) is 26.7 Å². The molecule has 1 atom stereocenters. The van der Waals surface area contributed by atoms with Crippen LogP contribution in [0.5, 0.6) is 5.88 Å². The predicted molar refractivity (Wildman–Crippen MR) is 72.5 cm³/mol. The van der Waals surface area contributed by atoms with E-state index in [0.717, 1.165) is 12.8 Å². The number of rotatable bonds is 6. The molecule has 0 amide bonds. The van der Waals surface area contributed by atoms with Crippen molar-refractivity contribution in [2.75, 3.05) is 13.7 Å². The van der Waals surface area contributed by atoms with Crippen LogP contribution in [0.15, 0.2) is 23.2 Å². The van der Waals surface area contributed by atoms with Crippen LogP contribution >= 0.6 is 0 Å². The number of aromatic nitrogens is 1. The molecule has 0 bridgehead atoms. The monoisotopic (exact) mass is 284 g/mol. The van der Waals surface area contributed by atoms with Gasteiger partial charge in [-0.05, 0) is 38.7 Å². The van der Waals surface area contributed by atoms with Gasteiger partial charge in [0.05, 0.1) is 12.8 Å². The standard InChI is InChI=1S/C13H20N2O3S/c1-4-18-13-8-7-12(9-14-13)19(16,17)15(3)10(2)11-5-6-11/h7-11H,4-6H2,1-3H3/t10-/m0/s1. The quantitative estimate of drug-likeness (QED) is 0.800. The van der Waals surface area contributed by atoms with E-state index < -0.39 is 10.0 Å². The summed E-state index contributed by atoms with van der Waals surface area (Å²) in [5.74, 6) is 0.940. The van der Waals surface area contributed by atoms with Crippen molar-refractivity contribution in [3.63, 3.8) is 0 Å². The van der Waals surface area contributed by atoms with Gasteiger partial charge in [0.15, 0.2) is 0 Å². The maximum absolute atomic E-state index is 12.4. The molecule has 0 radical (unpaired) electrons. The molecule has 1 saturated carbocycles. The molecule has 0 aliphatic heterocycles. The van der Waals surface area contributed by atoms with Gasteiger partial charge in [0.1, 0.15) is 4.90 Å². The Bertz CT molecular complexity index is 523. The smallest absolute Gasteiger partial charge is 0.244 e. The van der Waals surface area contributed by atoms with Gasteiger partial charge in [0.2, 0.25) is 15.9 Å². The molecule has 1 aromatic rings. The van der Waals surface area contributed by atoms with Crippen molar-refractivity contribution in [1.29, 1.82) is 0 Å². The van der Waals surface area contributed by atoms with Gasteiger partial charge in [-0.25, -0.2) is 13.4 Å². The van der Waals surface area contributed by atoms with Crippen LogP contribution in [0.25, 0.3) is 0 Å². The van der Waals surface area contributed by atoms with Gasteiger partial charge >= 0.3 is 0 Å². The average Bonchev–Trinajstić information content (AvgIpc) is 3.22. The first-order chi connectivity index (χ1) is 8.96. The van der Waals surface area contributed by atoms with E-state index in [1.807, 2.05) is 13.8 Å². The normalized spacial score (nSPS) is 17.5. The van der Waals surface area contributed by atoms with E-state index in [9.17, 15) is 8.42 Å². The topological polar surface area (TPSA) is 59.5 Å². The lowest BCUT2D eigenvalue weighted by Gasteiger charge is -2.24. The van der Waals surface area contributed by atoms with E-state index in [1.54, 1.807) is 19.2 Å². The summed E-state index contributed by atoms with van der Waals surface area (Å²) in [6, 6.07) is 3.17. The van der Waals surface area contributed by atoms with Gasteiger partial charge in [-0.2, -0.15) is 4.31 Å². The molecule has 1 aliphatic rings. The van der Waals surface area contributed by atoms with E-state index in [4.69, 9.17) is 4.74 Å². The first-order valence-corrected chi connectivity index (χ1v) is 7.97. The molecule has 2 rings (SSSR count). The molecular weight excluding hydrogens is 264 g/mol. The molecular formula is C13H20N2O3S. The fraction of sp³-hybridized carbons (Fsp3) is 0.615. The number of hydrogen-bond acceptors (Lipinski definition) is 4. The van der Waals surface area contributed by atoms with Crippen LogP contribution in [0.2, 0.25) is 0 Å². The lowest BCUT2D eigenvalue weighted by molar-refractivity contribution is 0.326. The molecule has 0 N–H and O–H groups in total. The Labute approximate surface area is 114 Å². The molecule has 19 heavy (non-hydrogen) atoms. The van der Waals surface area contributed by atoms with E-state index in [0.29, 0.717) is 18.4 Å². The number of hydrogen-bond donors (Lipinski definition) is 0. The van der Waals surface area contributed by atoms with Crippen LogP contribution in [-0.4, -0.2) is 37.4 Å². The molecule has 1 aromatic heterocycles. The summed E-state index contributed by atoms with van der Waals surface area (Å²) in [7, 11) is -1.83. The van der Waals surface area contributed by atoms with Crippen LogP contribution in [-0.2, 0) is 10.0 Å². The van der Waals surface area contributed by atoms with Crippen LogP contribution in [0, 0.1) is 5.92 Å². The van der Waals surface area contributed by atoms with Crippen molar-refractivity contribution in [2.24, 2.45) is 5.92 Å². The molecule has 1 aliphatic carbocycles. The second-order valence-electron chi connectivity index (χ2n) is 4.86. The van der Waals surface area contributed by atoms with E-state index in [-0.39, 0.29) is 10.9 Å². The van der Waals surface area contributed by atoms with Gasteiger partial charge in [0.25, 0.3) is 0 Å². The minimum Gasteiger partial charge on any atom is -0.478 e. The molecule has 1 fully saturated rings. The molecule has 5 nitrogen and oxygen atoms in total. The van der Waals surface area contributed by atoms with Crippen LogP contribution in [0.3, 0.4) is 0 Å². The van der Waals surface area contributed by atoms with E-state index in [2.05, 4.69) is 4.98 Å². The maximum Gasteiger partial charge on any atom is 0.244 e. The summed E-state index contributed by atoms with van der Waals surface area (Å²) in [4.78, 5) is 4.22. The number of ether oxygens (including phenoxy) is 1. The molecule has 106 valence electrons. The Morgan fingerprint density at radius 3 is 2.63 bits per heavy atom. The lowest BCUT2D eigenvalue weighted by Crippen LogP contribution is -2.36. The van der Waals surface area contributed by atoms with E-state index in [1.165, 1.54) is 10.5 Å². The number of pyridine rings is 1. The van der Waals surface area contributed by atoms with Gasteiger partial charge in [0, 0.05) is 19.2 Å². The lowest BCUT2D eigenvalue weighted by atomic mass is 10.2. The van der Waals surface area contributed by atoms with E-state index >= 15 is 0 Å². The fourth-order valence-corrected chi connectivity index (χ4v) is 3.38. The van der Waals surface area contributed by atoms with Gasteiger partial charge in [-0.1, -0.05) is 0 Å². The summed E-state index contributed by atoms with van der Waals surface area (Å²) in [6.45, 7) is 4.33. The zero-order chi connectivity index (χ0) is 14.0. The minimum absolute atomic E-state index is 0.0385. The van der Waals surface area contributed by atoms with Crippen molar-refractivity contribution in [2.45, 2.75) is 37.6 Å². The van der Waals surface area contributed by atoms with Gasteiger partial charge < -0.3 is 4.74 Å². The largest absolute Gasteiger partial charge is 0.478 e. The highest BCUT2D eigenvalue weighted by Gasteiger charge is 2.36. The van der Waals surface area contributed by atoms with Gasteiger partial charge in [-0.15, -0.1) is 0 Å². The van der Waals surface area contributed by atoms with Crippen molar-refractivity contribution in [3.8, 4) is 5.88 Å². The summed E-state index contributed by atoms with van der Waals surface area (Å²) in [5, 5.41) is 0. The second-order valence-corrected chi connectivity index (χ2v) is 6.86. The third-order valence-corrected chi connectivity index (χ3v) is 5.48.